The average Bonchev–Trinajstić information content (AvgIpc) is 2.54. The highest BCUT2D eigenvalue weighted by atomic mass is 14.9. The summed E-state index contributed by atoms with van der Waals surface area (Å²) in [6.07, 6.45) is 4.46. The minimum atomic E-state index is 0.926. The minimum Gasteiger partial charge on any atom is -0.316 e. The fourth-order valence-electron chi connectivity index (χ4n) is 2.19. The molecule has 10 heavy (non-hydrogen) atoms. The molecule has 2 rings (SSSR count). The van der Waals surface area contributed by atoms with Crippen molar-refractivity contribution in [3.05, 3.63) is 0 Å². The number of fused-ring (bicyclic) bond motifs is 1. The predicted molar refractivity (Wildman–Crippen MR) is 42.9 cm³/mol. The van der Waals surface area contributed by atoms with Crippen LogP contribution in [0.25, 0.3) is 0 Å². The molecule has 1 aliphatic heterocycles. The van der Waals surface area contributed by atoms with E-state index in [1.54, 1.807) is 0 Å². The van der Waals surface area contributed by atoms with Crippen LogP contribution in [0.3, 0.4) is 0 Å². The van der Waals surface area contributed by atoms with Gasteiger partial charge in [0.05, 0.1) is 0 Å². The summed E-state index contributed by atoms with van der Waals surface area (Å²) in [7, 11) is 0. The van der Waals surface area contributed by atoms with Crippen LogP contribution in [0.4, 0.5) is 0 Å². The van der Waals surface area contributed by atoms with Crippen LogP contribution in [-0.4, -0.2) is 13.1 Å². The van der Waals surface area contributed by atoms with Crippen molar-refractivity contribution in [1.82, 2.24) is 5.32 Å². The summed E-state index contributed by atoms with van der Waals surface area (Å²) in [4.78, 5) is 0. The Morgan fingerprint density at radius 2 is 2.10 bits per heavy atom. The lowest BCUT2D eigenvalue weighted by molar-refractivity contribution is 0.405. The summed E-state index contributed by atoms with van der Waals surface area (Å²) < 4.78 is 0. The van der Waals surface area contributed by atoms with Crippen molar-refractivity contribution < 1.29 is 0 Å². The third-order valence-electron chi connectivity index (χ3n) is 2.96. The number of nitrogens with one attached hydrogen (secondary N) is 1. The van der Waals surface area contributed by atoms with Crippen LogP contribution in [0.2, 0.25) is 0 Å². The van der Waals surface area contributed by atoms with Crippen LogP contribution in [0.1, 0.15) is 26.2 Å². The SMILES string of the molecule is CC1CNCCC2CC2C1. The van der Waals surface area contributed by atoms with Crippen molar-refractivity contribution in [2.45, 2.75) is 26.2 Å². The minimum absolute atomic E-state index is 0.926. The van der Waals surface area contributed by atoms with Crippen LogP contribution in [0.15, 0.2) is 0 Å². The van der Waals surface area contributed by atoms with Crippen molar-refractivity contribution in [2.75, 3.05) is 13.1 Å². The molecule has 0 spiro atoms. The van der Waals surface area contributed by atoms with E-state index in [1.807, 2.05) is 0 Å². The monoisotopic (exact) mass is 139 g/mol. The first-order chi connectivity index (χ1) is 4.86. The molecule has 1 aliphatic carbocycles. The first-order valence-electron chi connectivity index (χ1n) is 4.57. The molecule has 1 saturated heterocycles. The number of hydrogen-bond acceptors (Lipinski definition) is 1. The maximum atomic E-state index is 3.49. The molecule has 0 aromatic heterocycles. The van der Waals surface area contributed by atoms with Gasteiger partial charge in [0, 0.05) is 0 Å². The van der Waals surface area contributed by atoms with Gasteiger partial charge in [0.25, 0.3) is 0 Å². The third kappa shape index (κ3) is 1.34. The molecule has 1 saturated carbocycles. The fourth-order valence-corrected chi connectivity index (χ4v) is 2.19. The molecule has 0 radical (unpaired) electrons. The fraction of sp³-hybridized carbons (Fsp3) is 1.00. The summed E-state index contributed by atoms with van der Waals surface area (Å²) in [5.41, 5.74) is 0. The zero-order valence-electron chi connectivity index (χ0n) is 6.77. The Kier molecular flexibility index (Phi) is 1.69. The van der Waals surface area contributed by atoms with E-state index in [0.29, 0.717) is 0 Å². The summed E-state index contributed by atoms with van der Waals surface area (Å²) in [5, 5.41) is 3.49. The van der Waals surface area contributed by atoms with Crippen molar-refractivity contribution in [3.63, 3.8) is 0 Å². The highest BCUT2D eigenvalue weighted by Gasteiger charge is 2.37. The molecule has 1 nitrogen and oxygen atoms in total. The van der Waals surface area contributed by atoms with E-state index in [4.69, 9.17) is 0 Å². The van der Waals surface area contributed by atoms with E-state index in [2.05, 4.69) is 12.2 Å². The van der Waals surface area contributed by atoms with Gasteiger partial charge in [0.2, 0.25) is 0 Å². The number of hydrogen-bond donors (Lipinski definition) is 1. The molecule has 0 amide bonds. The Morgan fingerprint density at radius 3 is 3.00 bits per heavy atom. The van der Waals surface area contributed by atoms with Crippen LogP contribution in [0, 0.1) is 17.8 Å². The zero-order chi connectivity index (χ0) is 6.97. The maximum Gasteiger partial charge on any atom is -0.00230 e. The molecule has 58 valence electrons. The summed E-state index contributed by atoms with van der Waals surface area (Å²) >= 11 is 0. The Hall–Kier alpha value is -0.0400. The lowest BCUT2D eigenvalue weighted by Gasteiger charge is -2.15. The molecular formula is C9H17N. The molecule has 0 aromatic rings. The van der Waals surface area contributed by atoms with Crippen LogP contribution < -0.4 is 5.32 Å². The molecule has 1 N–H and O–H groups in total. The zero-order valence-corrected chi connectivity index (χ0v) is 6.77. The second-order valence-corrected chi connectivity index (χ2v) is 4.09. The van der Waals surface area contributed by atoms with Crippen molar-refractivity contribution in [2.24, 2.45) is 17.8 Å². The van der Waals surface area contributed by atoms with Crippen molar-refractivity contribution in [3.8, 4) is 0 Å². The van der Waals surface area contributed by atoms with E-state index in [1.165, 1.54) is 32.4 Å². The molecule has 0 bridgehead atoms. The normalized spacial score (nSPS) is 47.1. The molecule has 1 heteroatoms. The van der Waals surface area contributed by atoms with E-state index < -0.39 is 0 Å². The van der Waals surface area contributed by atoms with Gasteiger partial charge in [-0.3, -0.25) is 0 Å². The second kappa shape index (κ2) is 2.54. The smallest absolute Gasteiger partial charge is 0.00230 e. The standard InChI is InChI=1S/C9H17N/c1-7-4-9-5-8(9)2-3-10-6-7/h7-10H,2-6H2,1H3. The maximum absolute atomic E-state index is 3.49. The molecule has 0 aromatic carbocycles. The predicted octanol–water partition coefficient (Wildman–Crippen LogP) is 1.64. The highest BCUT2D eigenvalue weighted by Crippen LogP contribution is 2.45. The van der Waals surface area contributed by atoms with Gasteiger partial charge in [-0.2, -0.15) is 0 Å². The molecule has 3 unspecified atom stereocenters. The van der Waals surface area contributed by atoms with E-state index in [-0.39, 0.29) is 0 Å². The second-order valence-electron chi connectivity index (χ2n) is 4.09. The van der Waals surface area contributed by atoms with Crippen LogP contribution in [-0.2, 0) is 0 Å². The van der Waals surface area contributed by atoms with Gasteiger partial charge in [-0.15, -0.1) is 0 Å². The third-order valence-corrected chi connectivity index (χ3v) is 2.96. The Balaban J connectivity index is 1.85. The van der Waals surface area contributed by atoms with E-state index in [9.17, 15) is 0 Å². The van der Waals surface area contributed by atoms with Crippen molar-refractivity contribution >= 4 is 0 Å². The molecule has 1 heterocycles. The molecule has 2 fully saturated rings. The van der Waals surface area contributed by atoms with Crippen molar-refractivity contribution in [1.29, 1.82) is 0 Å². The largest absolute Gasteiger partial charge is 0.316 e. The summed E-state index contributed by atoms with van der Waals surface area (Å²) in [6, 6.07) is 0. The molecule has 3 atom stereocenters. The topological polar surface area (TPSA) is 12.0 Å². The first-order valence-corrected chi connectivity index (χ1v) is 4.57. The molecular weight excluding hydrogens is 122 g/mol. The van der Waals surface area contributed by atoms with Gasteiger partial charge in [-0.05, 0) is 50.1 Å². The van der Waals surface area contributed by atoms with Gasteiger partial charge in [-0.25, -0.2) is 0 Å². The Labute approximate surface area is 63.2 Å². The lowest BCUT2D eigenvalue weighted by atomic mass is 10.0. The van der Waals surface area contributed by atoms with Gasteiger partial charge in [0.1, 0.15) is 0 Å². The molecule has 2 aliphatic rings. The van der Waals surface area contributed by atoms with Gasteiger partial charge in [0.15, 0.2) is 0 Å². The Morgan fingerprint density at radius 1 is 1.20 bits per heavy atom. The van der Waals surface area contributed by atoms with Gasteiger partial charge < -0.3 is 5.32 Å². The Bertz CT molecular complexity index is 122. The first kappa shape index (κ1) is 6.66. The van der Waals surface area contributed by atoms with Gasteiger partial charge in [-0.1, -0.05) is 6.92 Å². The van der Waals surface area contributed by atoms with Gasteiger partial charge >= 0.3 is 0 Å². The van der Waals surface area contributed by atoms with Crippen LogP contribution in [0.5, 0.6) is 0 Å². The lowest BCUT2D eigenvalue weighted by Crippen LogP contribution is -2.24. The van der Waals surface area contributed by atoms with E-state index in [0.717, 1.165) is 17.8 Å². The van der Waals surface area contributed by atoms with E-state index >= 15 is 0 Å². The highest BCUT2D eigenvalue weighted by molar-refractivity contribution is 4.89. The van der Waals surface area contributed by atoms with Crippen LogP contribution >= 0.6 is 0 Å². The summed E-state index contributed by atoms with van der Waals surface area (Å²) in [5.74, 6) is 3.16. The summed E-state index contributed by atoms with van der Waals surface area (Å²) in [6.45, 7) is 4.89. The average molecular weight is 139 g/mol. The number of rotatable bonds is 0. The quantitative estimate of drug-likeness (QED) is 0.538.